The molecule has 0 radical (unpaired) electrons. The fraction of sp³-hybridized carbons (Fsp3) is 0.500. The molecule has 1 amide bonds. The van der Waals surface area contributed by atoms with Gasteiger partial charge in [-0.25, -0.2) is 0 Å². The second-order valence-electron chi connectivity index (χ2n) is 6.88. The van der Waals surface area contributed by atoms with Crippen LogP contribution in [0.1, 0.15) is 44.6 Å². The highest BCUT2D eigenvalue weighted by Crippen LogP contribution is 2.33. The third kappa shape index (κ3) is 4.42. The standard InChI is InChI=1S/C18H20F3N3O2/c1-11(2)24(15(25)9-12-3-4-12)10-13-5-7-14(8-6-13)16-22-17(26-23-16)18(19,20)21/h5-8,11-12H,3-4,9-10H2,1-2H3. The predicted molar refractivity (Wildman–Crippen MR) is 87.8 cm³/mol. The Kier molecular flexibility index (Phi) is 5.02. The van der Waals surface area contributed by atoms with Gasteiger partial charge in [-0.05, 0) is 38.2 Å². The summed E-state index contributed by atoms with van der Waals surface area (Å²) in [5.74, 6) is -0.825. The second kappa shape index (κ2) is 7.09. The summed E-state index contributed by atoms with van der Waals surface area (Å²) in [5, 5.41) is 3.37. The van der Waals surface area contributed by atoms with Gasteiger partial charge >= 0.3 is 12.1 Å². The number of carbonyl (C=O) groups excluding carboxylic acids is 1. The first-order chi connectivity index (χ1) is 12.2. The zero-order valence-electron chi connectivity index (χ0n) is 14.6. The molecular formula is C18H20F3N3O2. The van der Waals surface area contributed by atoms with Crippen molar-refractivity contribution in [2.24, 2.45) is 5.92 Å². The molecule has 5 nitrogen and oxygen atoms in total. The third-order valence-electron chi connectivity index (χ3n) is 4.34. The molecule has 0 unspecified atom stereocenters. The topological polar surface area (TPSA) is 59.2 Å². The summed E-state index contributed by atoms with van der Waals surface area (Å²) in [6.45, 7) is 4.40. The molecule has 1 aromatic carbocycles. The summed E-state index contributed by atoms with van der Waals surface area (Å²) in [6, 6.07) is 6.86. The van der Waals surface area contributed by atoms with Gasteiger partial charge in [0, 0.05) is 24.6 Å². The van der Waals surface area contributed by atoms with Gasteiger partial charge in [0.05, 0.1) is 0 Å². The number of carbonyl (C=O) groups is 1. The van der Waals surface area contributed by atoms with E-state index in [9.17, 15) is 18.0 Å². The molecule has 0 saturated heterocycles. The zero-order valence-corrected chi connectivity index (χ0v) is 14.6. The SMILES string of the molecule is CC(C)N(Cc1ccc(-c2noc(C(F)(F)F)n2)cc1)C(=O)CC1CC1. The molecule has 2 aromatic rings. The van der Waals surface area contributed by atoms with Gasteiger partial charge in [-0.1, -0.05) is 29.4 Å². The van der Waals surface area contributed by atoms with Crippen molar-refractivity contribution in [3.05, 3.63) is 35.7 Å². The normalized spacial score (nSPS) is 14.7. The lowest BCUT2D eigenvalue weighted by Crippen LogP contribution is -2.36. The highest BCUT2D eigenvalue weighted by atomic mass is 19.4. The number of halogens is 3. The zero-order chi connectivity index (χ0) is 18.9. The minimum absolute atomic E-state index is 0.0764. The molecule has 140 valence electrons. The van der Waals surface area contributed by atoms with Gasteiger partial charge < -0.3 is 9.42 Å². The predicted octanol–water partition coefficient (Wildman–Crippen LogP) is 4.29. The Bertz CT molecular complexity index is 765. The van der Waals surface area contributed by atoms with Crippen LogP contribution in [0.25, 0.3) is 11.4 Å². The molecule has 0 atom stereocenters. The largest absolute Gasteiger partial charge is 0.471 e. The molecule has 0 aliphatic heterocycles. The van der Waals surface area contributed by atoms with Gasteiger partial charge in [0.2, 0.25) is 11.7 Å². The summed E-state index contributed by atoms with van der Waals surface area (Å²) in [5.41, 5.74) is 1.32. The van der Waals surface area contributed by atoms with Crippen molar-refractivity contribution in [3.8, 4) is 11.4 Å². The number of alkyl halides is 3. The van der Waals surface area contributed by atoms with Crippen molar-refractivity contribution in [1.82, 2.24) is 15.0 Å². The monoisotopic (exact) mass is 367 g/mol. The number of aromatic nitrogens is 2. The van der Waals surface area contributed by atoms with Crippen LogP contribution in [0.2, 0.25) is 0 Å². The minimum atomic E-state index is -4.66. The maximum Gasteiger partial charge on any atom is 0.471 e. The number of nitrogens with zero attached hydrogens (tertiary/aromatic N) is 3. The van der Waals surface area contributed by atoms with Crippen LogP contribution in [-0.4, -0.2) is 27.0 Å². The van der Waals surface area contributed by atoms with E-state index in [1.54, 1.807) is 24.3 Å². The molecule has 1 heterocycles. The Hall–Kier alpha value is -2.38. The van der Waals surface area contributed by atoms with E-state index in [2.05, 4.69) is 14.7 Å². The van der Waals surface area contributed by atoms with Gasteiger partial charge in [-0.15, -0.1) is 0 Å². The van der Waals surface area contributed by atoms with Crippen LogP contribution in [0.5, 0.6) is 0 Å². The van der Waals surface area contributed by atoms with Crippen molar-refractivity contribution in [3.63, 3.8) is 0 Å². The third-order valence-corrected chi connectivity index (χ3v) is 4.34. The van der Waals surface area contributed by atoms with Crippen molar-refractivity contribution >= 4 is 5.91 Å². The van der Waals surface area contributed by atoms with Crippen LogP contribution in [0.3, 0.4) is 0 Å². The summed E-state index contributed by atoms with van der Waals surface area (Å²) in [6.07, 6.45) is -1.84. The van der Waals surface area contributed by atoms with E-state index in [-0.39, 0.29) is 17.8 Å². The molecule has 0 N–H and O–H groups in total. The molecular weight excluding hydrogens is 347 g/mol. The van der Waals surface area contributed by atoms with Crippen molar-refractivity contribution in [2.75, 3.05) is 0 Å². The summed E-state index contributed by atoms with van der Waals surface area (Å²) >= 11 is 0. The molecule has 1 aliphatic rings. The van der Waals surface area contributed by atoms with Crippen LogP contribution in [0, 0.1) is 5.92 Å². The average Bonchev–Trinajstić information content (AvgIpc) is 3.23. The molecule has 26 heavy (non-hydrogen) atoms. The Morgan fingerprint density at radius 2 is 1.92 bits per heavy atom. The summed E-state index contributed by atoms with van der Waals surface area (Å²) in [4.78, 5) is 17.6. The molecule has 3 rings (SSSR count). The van der Waals surface area contributed by atoms with E-state index in [1.807, 2.05) is 18.7 Å². The van der Waals surface area contributed by atoms with Crippen molar-refractivity contribution < 1.29 is 22.5 Å². The average molecular weight is 367 g/mol. The lowest BCUT2D eigenvalue weighted by atomic mass is 10.1. The Labute approximate surface area is 149 Å². The number of hydrogen-bond donors (Lipinski definition) is 0. The molecule has 1 aliphatic carbocycles. The van der Waals surface area contributed by atoms with Crippen LogP contribution < -0.4 is 0 Å². The molecule has 0 spiro atoms. The van der Waals surface area contributed by atoms with E-state index < -0.39 is 12.1 Å². The van der Waals surface area contributed by atoms with Crippen LogP contribution in [0.15, 0.2) is 28.8 Å². The minimum Gasteiger partial charge on any atom is -0.336 e. The quantitative estimate of drug-likeness (QED) is 0.764. The Morgan fingerprint density at radius 3 is 2.42 bits per heavy atom. The summed E-state index contributed by atoms with van der Waals surface area (Å²) < 4.78 is 41.9. The molecule has 8 heteroatoms. The van der Waals surface area contributed by atoms with Gasteiger partial charge in [0.15, 0.2) is 0 Å². The smallest absolute Gasteiger partial charge is 0.336 e. The lowest BCUT2D eigenvalue weighted by Gasteiger charge is -2.27. The van der Waals surface area contributed by atoms with Crippen molar-refractivity contribution in [1.29, 1.82) is 0 Å². The fourth-order valence-corrected chi connectivity index (χ4v) is 2.66. The van der Waals surface area contributed by atoms with Gasteiger partial charge in [0.1, 0.15) is 0 Å². The molecule has 1 aromatic heterocycles. The Morgan fingerprint density at radius 1 is 1.27 bits per heavy atom. The van der Waals surface area contributed by atoms with Crippen LogP contribution >= 0.6 is 0 Å². The number of benzene rings is 1. The van der Waals surface area contributed by atoms with E-state index in [0.717, 1.165) is 18.4 Å². The van der Waals surface area contributed by atoms with E-state index >= 15 is 0 Å². The highest BCUT2D eigenvalue weighted by Gasteiger charge is 2.38. The van der Waals surface area contributed by atoms with E-state index in [0.29, 0.717) is 24.4 Å². The second-order valence-corrected chi connectivity index (χ2v) is 6.88. The lowest BCUT2D eigenvalue weighted by molar-refractivity contribution is -0.159. The van der Waals surface area contributed by atoms with E-state index in [1.165, 1.54) is 0 Å². The van der Waals surface area contributed by atoms with Crippen molar-refractivity contribution in [2.45, 2.75) is 51.9 Å². The van der Waals surface area contributed by atoms with Crippen LogP contribution in [0.4, 0.5) is 13.2 Å². The molecule has 0 bridgehead atoms. The first kappa shape index (κ1) is 18.4. The first-order valence-corrected chi connectivity index (χ1v) is 8.53. The highest BCUT2D eigenvalue weighted by molar-refractivity contribution is 5.77. The molecule has 1 saturated carbocycles. The van der Waals surface area contributed by atoms with Gasteiger partial charge in [0.25, 0.3) is 0 Å². The van der Waals surface area contributed by atoms with Gasteiger partial charge in [-0.2, -0.15) is 18.2 Å². The van der Waals surface area contributed by atoms with Gasteiger partial charge in [-0.3, -0.25) is 4.79 Å². The maximum atomic E-state index is 12.5. The first-order valence-electron chi connectivity index (χ1n) is 8.53. The number of rotatable bonds is 6. The number of amides is 1. The van der Waals surface area contributed by atoms with Crippen LogP contribution in [-0.2, 0) is 17.5 Å². The number of hydrogen-bond acceptors (Lipinski definition) is 4. The Balaban J connectivity index is 1.70. The fourth-order valence-electron chi connectivity index (χ4n) is 2.66. The summed E-state index contributed by atoms with van der Waals surface area (Å²) in [7, 11) is 0. The maximum absolute atomic E-state index is 12.5. The molecule has 1 fully saturated rings. The van der Waals surface area contributed by atoms with E-state index in [4.69, 9.17) is 0 Å².